The van der Waals surface area contributed by atoms with Crippen LogP contribution in [0.25, 0.3) is 16.2 Å². The monoisotopic (exact) mass is 581 g/mol. The highest BCUT2D eigenvalue weighted by molar-refractivity contribution is 6.08. The third-order valence-electron chi connectivity index (χ3n) is 6.92. The fourth-order valence-electron chi connectivity index (χ4n) is 4.77. The van der Waals surface area contributed by atoms with Crippen LogP contribution in [-0.2, 0) is 17.5 Å². The van der Waals surface area contributed by atoms with E-state index >= 15 is 0 Å². The van der Waals surface area contributed by atoms with Gasteiger partial charge in [0.1, 0.15) is 5.82 Å². The van der Waals surface area contributed by atoms with Crippen LogP contribution in [0.4, 0.5) is 23.2 Å². The molecule has 0 spiro atoms. The van der Waals surface area contributed by atoms with Crippen LogP contribution >= 0.6 is 0 Å². The predicted molar refractivity (Wildman–Crippen MR) is 148 cm³/mol. The van der Waals surface area contributed by atoms with Gasteiger partial charge in [-0.3, -0.25) is 14.5 Å². The molecule has 3 aromatic rings. The first-order valence-electron chi connectivity index (χ1n) is 13.2. The number of amides is 2. The van der Waals surface area contributed by atoms with E-state index in [0.29, 0.717) is 18.4 Å². The van der Waals surface area contributed by atoms with Crippen LogP contribution in [-0.4, -0.2) is 27.9 Å². The van der Waals surface area contributed by atoms with Crippen LogP contribution in [0.2, 0.25) is 0 Å². The molecule has 3 aromatic carbocycles. The molecule has 42 heavy (non-hydrogen) atoms. The topological polar surface area (TPSA) is 118 Å². The first-order chi connectivity index (χ1) is 20.1. The van der Waals surface area contributed by atoms with E-state index < -0.39 is 40.8 Å². The van der Waals surface area contributed by atoms with Gasteiger partial charge in [-0.05, 0) is 54.3 Å². The summed E-state index contributed by atoms with van der Waals surface area (Å²) < 4.78 is 53.3. The molecule has 0 aliphatic heterocycles. The standard InChI is InChI=1S/C30H27F4N5O3/c31-22-16-10-19(11-17-22)18-39(29(42)24-8-4-5-9-25(24)37-38-35)26(28(41)36-23-6-2-1-3-7-23)27(40)20-12-14-21(15-13-20)30(32,33)34/h4-5,8-17,23,40H,1-3,6-7,18H2,(H,36,41)/b27-26+. The van der Waals surface area contributed by atoms with Crippen LogP contribution in [0.15, 0.2) is 83.6 Å². The first-order valence-corrected chi connectivity index (χ1v) is 13.2. The van der Waals surface area contributed by atoms with Crippen molar-refractivity contribution in [3.63, 3.8) is 0 Å². The summed E-state index contributed by atoms with van der Waals surface area (Å²) in [5, 5.41) is 17.9. The molecule has 0 heterocycles. The number of rotatable bonds is 8. The number of carbonyl (C=O) groups is 2. The lowest BCUT2D eigenvalue weighted by molar-refractivity contribution is -0.137. The van der Waals surface area contributed by atoms with Gasteiger partial charge in [0, 0.05) is 22.1 Å². The van der Waals surface area contributed by atoms with Gasteiger partial charge in [-0.2, -0.15) is 13.2 Å². The van der Waals surface area contributed by atoms with E-state index in [9.17, 15) is 32.3 Å². The highest BCUT2D eigenvalue weighted by atomic mass is 19.4. The molecule has 8 nitrogen and oxygen atoms in total. The van der Waals surface area contributed by atoms with Crippen molar-refractivity contribution < 1.29 is 32.3 Å². The number of nitrogens with zero attached hydrogens (tertiary/aromatic N) is 4. The molecule has 0 radical (unpaired) electrons. The van der Waals surface area contributed by atoms with Crippen molar-refractivity contribution in [3.05, 3.63) is 117 Å². The van der Waals surface area contributed by atoms with Gasteiger partial charge in [-0.25, -0.2) is 4.39 Å². The van der Waals surface area contributed by atoms with Crippen LogP contribution in [0.3, 0.4) is 0 Å². The Morgan fingerprint density at radius 2 is 1.62 bits per heavy atom. The Labute approximate surface area is 238 Å². The molecule has 1 aliphatic carbocycles. The van der Waals surface area contributed by atoms with Crippen LogP contribution in [0.1, 0.15) is 59.2 Å². The molecule has 1 fully saturated rings. The summed E-state index contributed by atoms with van der Waals surface area (Å²) in [6, 6.07) is 14.2. The molecule has 0 atom stereocenters. The van der Waals surface area contributed by atoms with Crippen molar-refractivity contribution in [2.24, 2.45) is 5.11 Å². The number of aliphatic hydroxyl groups is 1. The minimum absolute atomic E-state index is 0.0461. The van der Waals surface area contributed by atoms with Crippen molar-refractivity contribution in [2.45, 2.75) is 50.9 Å². The Hall–Kier alpha value is -4.83. The molecule has 1 saturated carbocycles. The van der Waals surface area contributed by atoms with Crippen molar-refractivity contribution in [2.75, 3.05) is 0 Å². The fourth-order valence-corrected chi connectivity index (χ4v) is 4.77. The molecule has 2 amide bonds. The Morgan fingerprint density at radius 3 is 2.24 bits per heavy atom. The summed E-state index contributed by atoms with van der Waals surface area (Å²) >= 11 is 0. The van der Waals surface area contributed by atoms with Gasteiger partial charge in [0.05, 0.1) is 17.8 Å². The number of halogens is 4. The lowest BCUT2D eigenvalue weighted by Crippen LogP contribution is -2.43. The molecule has 4 rings (SSSR count). The second-order valence-corrected chi connectivity index (χ2v) is 9.81. The lowest BCUT2D eigenvalue weighted by atomic mass is 9.95. The summed E-state index contributed by atoms with van der Waals surface area (Å²) in [6.45, 7) is -0.332. The van der Waals surface area contributed by atoms with E-state index in [0.717, 1.165) is 60.6 Å². The Balaban J connectivity index is 1.88. The third kappa shape index (κ3) is 7.27. The molecule has 0 aromatic heterocycles. The Morgan fingerprint density at radius 1 is 0.976 bits per heavy atom. The number of hydrogen-bond donors (Lipinski definition) is 2. The summed E-state index contributed by atoms with van der Waals surface area (Å²) in [6.07, 6.45) is -0.553. The van der Waals surface area contributed by atoms with Gasteiger partial charge in [-0.1, -0.05) is 66.8 Å². The number of hydrogen-bond acceptors (Lipinski definition) is 4. The van der Waals surface area contributed by atoms with Gasteiger partial charge in [0.25, 0.3) is 11.8 Å². The Kier molecular flexibility index (Phi) is 9.49. The van der Waals surface area contributed by atoms with Crippen LogP contribution in [0, 0.1) is 5.82 Å². The number of aliphatic hydroxyl groups excluding tert-OH is 1. The van der Waals surface area contributed by atoms with Gasteiger partial charge in [0.15, 0.2) is 11.5 Å². The quantitative estimate of drug-likeness (QED) is 0.0705. The van der Waals surface area contributed by atoms with E-state index in [2.05, 4.69) is 15.3 Å². The molecule has 218 valence electrons. The molecular weight excluding hydrogens is 554 g/mol. The van der Waals surface area contributed by atoms with Crippen LogP contribution < -0.4 is 5.32 Å². The van der Waals surface area contributed by atoms with Crippen molar-refractivity contribution in [3.8, 4) is 0 Å². The van der Waals surface area contributed by atoms with Gasteiger partial charge in [0.2, 0.25) is 0 Å². The first kappa shape index (κ1) is 30.1. The third-order valence-corrected chi connectivity index (χ3v) is 6.92. The molecule has 1 aliphatic rings. The highest BCUT2D eigenvalue weighted by Crippen LogP contribution is 2.32. The molecule has 12 heteroatoms. The second kappa shape index (κ2) is 13.2. The van der Waals surface area contributed by atoms with Gasteiger partial charge in [-0.15, -0.1) is 0 Å². The zero-order chi connectivity index (χ0) is 30.3. The van der Waals surface area contributed by atoms with E-state index in [1.54, 1.807) is 0 Å². The van der Waals surface area contributed by atoms with Crippen molar-refractivity contribution >= 4 is 23.3 Å². The molecular formula is C30H27F4N5O3. The van der Waals surface area contributed by atoms with E-state index in [1.807, 2.05) is 0 Å². The molecule has 0 bridgehead atoms. The largest absolute Gasteiger partial charge is 0.505 e. The summed E-state index contributed by atoms with van der Waals surface area (Å²) in [5.74, 6) is -2.94. The summed E-state index contributed by atoms with van der Waals surface area (Å²) in [5.41, 5.74) is 7.64. The number of carbonyl (C=O) groups excluding carboxylic acids is 2. The van der Waals surface area contributed by atoms with Crippen molar-refractivity contribution in [1.82, 2.24) is 10.2 Å². The highest BCUT2D eigenvalue weighted by Gasteiger charge is 2.33. The summed E-state index contributed by atoms with van der Waals surface area (Å²) in [4.78, 5) is 31.6. The normalized spacial score (nSPS) is 14.4. The Bertz CT molecular complexity index is 1510. The van der Waals surface area contributed by atoms with E-state index in [1.165, 1.54) is 36.4 Å². The summed E-state index contributed by atoms with van der Waals surface area (Å²) in [7, 11) is 0. The fraction of sp³-hybridized carbons (Fsp3) is 0.267. The zero-order valence-electron chi connectivity index (χ0n) is 22.3. The lowest BCUT2D eigenvalue weighted by Gasteiger charge is -2.29. The average Bonchev–Trinajstić information content (AvgIpc) is 2.98. The molecule has 0 unspecified atom stereocenters. The maximum Gasteiger partial charge on any atom is 0.416 e. The molecule has 0 saturated heterocycles. The smallest absolute Gasteiger partial charge is 0.416 e. The number of nitrogens with one attached hydrogen (secondary N) is 1. The second-order valence-electron chi connectivity index (χ2n) is 9.81. The van der Waals surface area contributed by atoms with E-state index in [-0.39, 0.29) is 29.4 Å². The molecule has 2 N–H and O–H groups in total. The van der Waals surface area contributed by atoms with Gasteiger partial charge >= 0.3 is 6.18 Å². The maximum absolute atomic E-state index is 14.1. The average molecular weight is 582 g/mol. The van der Waals surface area contributed by atoms with Crippen molar-refractivity contribution in [1.29, 1.82) is 0 Å². The van der Waals surface area contributed by atoms with E-state index in [4.69, 9.17) is 5.53 Å². The maximum atomic E-state index is 14.1. The predicted octanol–water partition coefficient (Wildman–Crippen LogP) is 7.80. The van der Waals surface area contributed by atoms with Gasteiger partial charge < -0.3 is 10.4 Å². The number of azide groups is 1. The van der Waals surface area contributed by atoms with Crippen LogP contribution in [0.5, 0.6) is 0 Å². The zero-order valence-corrected chi connectivity index (χ0v) is 22.3. The number of alkyl halides is 3. The minimum Gasteiger partial charge on any atom is -0.505 e. The minimum atomic E-state index is -4.63. The SMILES string of the molecule is [N-]=[N+]=Nc1ccccc1C(=O)N(Cc1ccc(F)cc1)/C(C(=O)NC1CCCCC1)=C(/O)c1ccc(C(F)(F)F)cc1. The number of benzene rings is 3.